The summed E-state index contributed by atoms with van der Waals surface area (Å²) in [5, 5.41) is 6.61. The molecule has 4 rings (SSSR count). The van der Waals surface area contributed by atoms with Crippen LogP contribution in [0.4, 0.5) is 5.69 Å². The number of rotatable bonds is 3. The summed E-state index contributed by atoms with van der Waals surface area (Å²) in [4.78, 5) is 12.7. The van der Waals surface area contributed by atoms with E-state index in [1.54, 1.807) is 0 Å². The summed E-state index contributed by atoms with van der Waals surface area (Å²) < 4.78 is 5.81. The van der Waals surface area contributed by atoms with Crippen LogP contribution >= 0.6 is 0 Å². The van der Waals surface area contributed by atoms with E-state index in [0.717, 1.165) is 43.7 Å². The molecule has 2 heterocycles. The Kier molecular flexibility index (Phi) is 3.34. The van der Waals surface area contributed by atoms with Gasteiger partial charge in [-0.05, 0) is 55.7 Å². The molecule has 1 saturated carbocycles. The number of anilines is 1. The van der Waals surface area contributed by atoms with Crippen LogP contribution in [-0.4, -0.2) is 31.2 Å². The second-order valence-electron chi connectivity index (χ2n) is 6.40. The molecule has 4 nitrogen and oxygen atoms in total. The molecule has 1 saturated heterocycles. The van der Waals surface area contributed by atoms with Crippen LogP contribution < -0.4 is 10.6 Å². The smallest absolute Gasteiger partial charge is 0.251 e. The van der Waals surface area contributed by atoms with Gasteiger partial charge in [0.25, 0.3) is 5.91 Å². The van der Waals surface area contributed by atoms with Gasteiger partial charge in [-0.15, -0.1) is 0 Å². The van der Waals surface area contributed by atoms with Crippen LogP contribution in [-0.2, 0) is 11.2 Å². The summed E-state index contributed by atoms with van der Waals surface area (Å²) in [7, 11) is 0. The maximum atomic E-state index is 12.7. The zero-order valence-electron chi connectivity index (χ0n) is 12.2. The maximum absolute atomic E-state index is 12.7. The quantitative estimate of drug-likeness (QED) is 0.896. The van der Waals surface area contributed by atoms with Gasteiger partial charge in [0.05, 0.1) is 12.1 Å². The molecule has 1 aromatic carbocycles. The van der Waals surface area contributed by atoms with Crippen LogP contribution in [0.1, 0.15) is 41.6 Å². The SMILES string of the molecule is O=C(NC1CCOC1C1CC1)c1cccc2c1CCCN2. The molecule has 3 aliphatic rings. The Labute approximate surface area is 125 Å². The minimum Gasteiger partial charge on any atom is -0.385 e. The summed E-state index contributed by atoms with van der Waals surface area (Å²) in [6.07, 6.45) is 5.77. The zero-order valence-corrected chi connectivity index (χ0v) is 12.2. The number of ether oxygens (including phenoxy) is 1. The Hall–Kier alpha value is -1.55. The van der Waals surface area contributed by atoms with Gasteiger partial charge in [-0.1, -0.05) is 6.07 Å². The molecule has 2 atom stereocenters. The molecule has 2 fully saturated rings. The average molecular weight is 286 g/mol. The highest BCUT2D eigenvalue weighted by Crippen LogP contribution is 2.39. The summed E-state index contributed by atoms with van der Waals surface area (Å²) in [5.74, 6) is 0.737. The second kappa shape index (κ2) is 5.34. The fourth-order valence-corrected chi connectivity index (χ4v) is 3.62. The third-order valence-electron chi connectivity index (χ3n) is 4.88. The fourth-order valence-electron chi connectivity index (χ4n) is 3.62. The first kappa shape index (κ1) is 13.1. The molecule has 112 valence electrons. The van der Waals surface area contributed by atoms with Gasteiger partial charge in [0.1, 0.15) is 0 Å². The molecular formula is C17H22N2O2. The van der Waals surface area contributed by atoms with Crippen LogP contribution in [0.3, 0.4) is 0 Å². The molecule has 2 unspecified atom stereocenters. The molecule has 0 aromatic heterocycles. The second-order valence-corrected chi connectivity index (χ2v) is 6.40. The van der Waals surface area contributed by atoms with Gasteiger partial charge in [0.15, 0.2) is 0 Å². The number of hydrogen-bond acceptors (Lipinski definition) is 3. The van der Waals surface area contributed by atoms with E-state index < -0.39 is 0 Å². The summed E-state index contributed by atoms with van der Waals surface area (Å²) in [6.45, 7) is 1.78. The van der Waals surface area contributed by atoms with Crippen molar-refractivity contribution in [3.05, 3.63) is 29.3 Å². The average Bonchev–Trinajstić information content (AvgIpc) is 3.26. The summed E-state index contributed by atoms with van der Waals surface area (Å²) in [5.41, 5.74) is 3.12. The molecule has 0 radical (unpaired) electrons. The Balaban J connectivity index is 1.52. The van der Waals surface area contributed by atoms with Crippen molar-refractivity contribution in [2.45, 2.75) is 44.2 Å². The van der Waals surface area contributed by atoms with E-state index in [9.17, 15) is 4.79 Å². The lowest BCUT2D eigenvalue weighted by Crippen LogP contribution is -2.41. The molecule has 21 heavy (non-hydrogen) atoms. The third-order valence-corrected chi connectivity index (χ3v) is 4.88. The monoisotopic (exact) mass is 286 g/mol. The van der Waals surface area contributed by atoms with E-state index in [1.807, 2.05) is 12.1 Å². The number of amides is 1. The van der Waals surface area contributed by atoms with E-state index in [4.69, 9.17) is 4.74 Å². The van der Waals surface area contributed by atoms with Crippen LogP contribution in [0, 0.1) is 5.92 Å². The van der Waals surface area contributed by atoms with Crippen molar-refractivity contribution < 1.29 is 9.53 Å². The highest BCUT2D eigenvalue weighted by atomic mass is 16.5. The van der Waals surface area contributed by atoms with Crippen LogP contribution in [0.25, 0.3) is 0 Å². The fraction of sp³-hybridized carbons (Fsp3) is 0.588. The molecule has 1 aromatic rings. The maximum Gasteiger partial charge on any atom is 0.251 e. The van der Waals surface area contributed by atoms with Crippen molar-refractivity contribution in [1.29, 1.82) is 0 Å². The van der Waals surface area contributed by atoms with Gasteiger partial charge in [-0.2, -0.15) is 0 Å². The number of hydrogen-bond donors (Lipinski definition) is 2. The number of carbonyl (C=O) groups is 1. The highest BCUT2D eigenvalue weighted by molar-refractivity contribution is 5.97. The van der Waals surface area contributed by atoms with E-state index in [2.05, 4.69) is 16.7 Å². The van der Waals surface area contributed by atoms with Crippen LogP contribution in [0.15, 0.2) is 18.2 Å². The number of carbonyl (C=O) groups excluding carboxylic acids is 1. The first-order chi connectivity index (χ1) is 10.3. The Morgan fingerprint density at radius 3 is 3.05 bits per heavy atom. The lowest BCUT2D eigenvalue weighted by molar-refractivity contribution is 0.0729. The minimum absolute atomic E-state index is 0.0664. The Bertz CT molecular complexity index is 554. The zero-order chi connectivity index (χ0) is 14.2. The van der Waals surface area contributed by atoms with Crippen molar-refractivity contribution in [2.75, 3.05) is 18.5 Å². The molecule has 4 heteroatoms. The largest absolute Gasteiger partial charge is 0.385 e. The van der Waals surface area contributed by atoms with Crippen LogP contribution in [0.5, 0.6) is 0 Å². The van der Waals surface area contributed by atoms with Gasteiger partial charge >= 0.3 is 0 Å². The lowest BCUT2D eigenvalue weighted by Gasteiger charge is -2.23. The number of nitrogens with one attached hydrogen (secondary N) is 2. The topological polar surface area (TPSA) is 50.4 Å². The van der Waals surface area contributed by atoms with E-state index in [1.165, 1.54) is 18.4 Å². The predicted molar refractivity (Wildman–Crippen MR) is 81.6 cm³/mol. The number of fused-ring (bicyclic) bond motifs is 1. The van der Waals surface area contributed by atoms with Gasteiger partial charge in [-0.3, -0.25) is 4.79 Å². The van der Waals surface area contributed by atoms with Crippen molar-refractivity contribution >= 4 is 11.6 Å². The standard InChI is InChI=1S/C17H22N2O2/c20-17(19-15-8-10-21-16(15)11-6-7-11)13-3-1-5-14-12(13)4-2-9-18-14/h1,3,5,11,15-16,18H,2,4,6-10H2,(H,19,20). The normalized spacial score (nSPS) is 27.8. The first-order valence-electron chi connectivity index (χ1n) is 8.11. The predicted octanol–water partition coefficient (Wildman–Crippen LogP) is 2.34. The molecule has 2 aliphatic heterocycles. The first-order valence-corrected chi connectivity index (χ1v) is 8.11. The Morgan fingerprint density at radius 2 is 2.19 bits per heavy atom. The Morgan fingerprint density at radius 1 is 1.29 bits per heavy atom. The molecule has 1 aliphatic carbocycles. The van der Waals surface area contributed by atoms with Crippen molar-refractivity contribution in [2.24, 2.45) is 5.92 Å². The van der Waals surface area contributed by atoms with Gasteiger partial charge in [0, 0.05) is 24.4 Å². The van der Waals surface area contributed by atoms with E-state index in [-0.39, 0.29) is 18.1 Å². The molecule has 0 bridgehead atoms. The van der Waals surface area contributed by atoms with Crippen molar-refractivity contribution in [1.82, 2.24) is 5.32 Å². The molecule has 2 N–H and O–H groups in total. The minimum atomic E-state index is 0.0664. The van der Waals surface area contributed by atoms with Gasteiger partial charge in [0.2, 0.25) is 0 Å². The number of benzene rings is 1. The van der Waals surface area contributed by atoms with Crippen molar-refractivity contribution in [3.8, 4) is 0 Å². The third kappa shape index (κ3) is 2.53. The van der Waals surface area contributed by atoms with Gasteiger partial charge in [-0.25, -0.2) is 0 Å². The van der Waals surface area contributed by atoms with E-state index >= 15 is 0 Å². The summed E-state index contributed by atoms with van der Waals surface area (Å²) >= 11 is 0. The summed E-state index contributed by atoms with van der Waals surface area (Å²) in [6, 6.07) is 6.17. The van der Waals surface area contributed by atoms with E-state index in [0.29, 0.717) is 5.92 Å². The highest BCUT2D eigenvalue weighted by Gasteiger charge is 2.41. The van der Waals surface area contributed by atoms with Crippen molar-refractivity contribution in [3.63, 3.8) is 0 Å². The lowest BCUT2D eigenvalue weighted by atomic mass is 9.96. The molecule has 1 amide bonds. The van der Waals surface area contributed by atoms with Gasteiger partial charge < -0.3 is 15.4 Å². The molecular weight excluding hydrogens is 264 g/mol. The van der Waals surface area contributed by atoms with Crippen LogP contribution in [0.2, 0.25) is 0 Å². The molecule has 0 spiro atoms.